The molecule has 1 aliphatic heterocycles. The van der Waals surface area contributed by atoms with Gasteiger partial charge in [-0.3, -0.25) is 0 Å². The van der Waals surface area contributed by atoms with Gasteiger partial charge in [-0.05, 0) is 37.8 Å². The summed E-state index contributed by atoms with van der Waals surface area (Å²) in [6.07, 6.45) is 4.49. The number of rotatable bonds is 4. The number of hydrogen-bond donors (Lipinski definition) is 1. The second-order valence-corrected chi connectivity index (χ2v) is 5.34. The molecule has 5 heteroatoms. The van der Waals surface area contributed by atoms with E-state index >= 15 is 0 Å². The molecular formula is C14H22ClNO2S. The Balaban J connectivity index is 0.00000180. The predicted molar refractivity (Wildman–Crippen MR) is 83.4 cm³/mol. The van der Waals surface area contributed by atoms with E-state index in [9.17, 15) is 0 Å². The second-order valence-electron chi connectivity index (χ2n) is 4.49. The summed E-state index contributed by atoms with van der Waals surface area (Å²) in [5.41, 5.74) is 1.26. The van der Waals surface area contributed by atoms with Crippen LogP contribution in [0.25, 0.3) is 0 Å². The van der Waals surface area contributed by atoms with Crippen molar-refractivity contribution < 1.29 is 9.47 Å². The van der Waals surface area contributed by atoms with Gasteiger partial charge in [-0.1, -0.05) is 0 Å². The second kappa shape index (κ2) is 7.88. The molecule has 0 aromatic heterocycles. The number of methoxy groups -OCH3 is 2. The molecule has 19 heavy (non-hydrogen) atoms. The Labute approximate surface area is 125 Å². The van der Waals surface area contributed by atoms with E-state index in [0.717, 1.165) is 29.5 Å². The average Bonchev–Trinajstić information content (AvgIpc) is 2.46. The van der Waals surface area contributed by atoms with Crippen LogP contribution in [0.1, 0.15) is 24.3 Å². The summed E-state index contributed by atoms with van der Waals surface area (Å²) in [7, 11) is 3.47. The third-order valence-corrected chi connectivity index (χ3v) is 4.23. The Kier molecular flexibility index (Phi) is 6.83. The molecule has 108 valence electrons. The van der Waals surface area contributed by atoms with Crippen LogP contribution in [-0.2, 0) is 0 Å². The molecule has 0 spiro atoms. The first kappa shape index (κ1) is 16.5. The van der Waals surface area contributed by atoms with Crippen LogP contribution in [0.4, 0.5) is 0 Å². The van der Waals surface area contributed by atoms with E-state index in [2.05, 4.69) is 23.7 Å². The van der Waals surface area contributed by atoms with Crippen molar-refractivity contribution >= 4 is 24.2 Å². The normalized spacial score (nSPS) is 18.6. The Morgan fingerprint density at radius 1 is 1.21 bits per heavy atom. The lowest BCUT2D eigenvalue weighted by Crippen LogP contribution is -2.28. The van der Waals surface area contributed by atoms with Gasteiger partial charge in [0.2, 0.25) is 0 Å². The lowest BCUT2D eigenvalue weighted by atomic mass is 9.91. The summed E-state index contributed by atoms with van der Waals surface area (Å²) >= 11 is 1.68. The molecule has 2 rings (SSSR count). The molecule has 0 radical (unpaired) electrons. The minimum atomic E-state index is 0. The molecule has 1 fully saturated rings. The third kappa shape index (κ3) is 3.71. The van der Waals surface area contributed by atoms with Crippen LogP contribution in [0.15, 0.2) is 17.0 Å². The fraction of sp³-hybridized carbons (Fsp3) is 0.571. The summed E-state index contributed by atoms with van der Waals surface area (Å²) in [5.74, 6) is 2.45. The summed E-state index contributed by atoms with van der Waals surface area (Å²) < 4.78 is 11.0. The molecule has 1 saturated heterocycles. The van der Waals surface area contributed by atoms with Gasteiger partial charge in [0, 0.05) is 18.0 Å². The molecule has 3 nitrogen and oxygen atoms in total. The summed E-state index contributed by atoms with van der Waals surface area (Å²) in [6, 6.07) is 4.23. The molecule has 0 amide bonds. The summed E-state index contributed by atoms with van der Waals surface area (Å²) in [6.45, 7) is 2.15. The predicted octanol–water partition coefficient (Wildman–Crippen LogP) is 3.31. The molecule has 0 aliphatic carbocycles. The van der Waals surface area contributed by atoms with Crippen LogP contribution in [0.3, 0.4) is 0 Å². The van der Waals surface area contributed by atoms with Crippen molar-refractivity contribution in [2.24, 2.45) is 0 Å². The Hall–Kier alpha value is -0.580. The number of benzene rings is 1. The van der Waals surface area contributed by atoms with Gasteiger partial charge >= 0.3 is 0 Å². The summed E-state index contributed by atoms with van der Waals surface area (Å²) in [5, 5.41) is 3.45. The van der Waals surface area contributed by atoms with Gasteiger partial charge in [0.15, 0.2) is 0 Å². The zero-order valence-corrected chi connectivity index (χ0v) is 13.3. The van der Waals surface area contributed by atoms with Gasteiger partial charge in [-0.25, -0.2) is 0 Å². The number of nitrogens with one attached hydrogen (secondary N) is 1. The number of thioether (sulfide) groups is 1. The minimum Gasteiger partial charge on any atom is -0.496 e. The van der Waals surface area contributed by atoms with E-state index in [1.165, 1.54) is 18.4 Å². The Bertz CT molecular complexity index is 409. The number of hydrogen-bond acceptors (Lipinski definition) is 4. The van der Waals surface area contributed by atoms with Crippen LogP contribution >= 0.6 is 24.2 Å². The highest BCUT2D eigenvalue weighted by atomic mass is 35.5. The molecule has 0 bridgehead atoms. The van der Waals surface area contributed by atoms with Crippen molar-refractivity contribution in [1.82, 2.24) is 5.32 Å². The van der Waals surface area contributed by atoms with Crippen molar-refractivity contribution in [3.05, 3.63) is 17.7 Å². The molecule has 0 saturated carbocycles. The standard InChI is InChI=1S/C14H21NO2S.ClH/c1-16-12-8-14(18-3)13(17-2)7-11(12)10-5-4-6-15-9-10;/h7-8,10,15H,4-6,9H2,1-3H3;1H. The van der Waals surface area contributed by atoms with Crippen LogP contribution in [-0.4, -0.2) is 33.6 Å². The van der Waals surface area contributed by atoms with Crippen LogP contribution in [0.2, 0.25) is 0 Å². The highest BCUT2D eigenvalue weighted by molar-refractivity contribution is 7.98. The zero-order chi connectivity index (χ0) is 13.0. The minimum absolute atomic E-state index is 0. The van der Waals surface area contributed by atoms with E-state index in [1.54, 1.807) is 26.0 Å². The topological polar surface area (TPSA) is 30.5 Å². The first-order valence-electron chi connectivity index (χ1n) is 6.30. The maximum absolute atomic E-state index is 5.54. The van der Waals surface area contributed by atoms with Crippen molar-refractivity contribution in [3.8, 4) is 11.5 Å². The van der Waals surface area contributed by atoms with Crippen molar-refractivity contribution in [1.29, 1.82) is 0 Å². The Morgan fingerprint density at radius 3 is 2.47 bits per heavy atom. The first-order chi connectivity index (χ1) is 8.80. The van der Waals surface area contributed by atoms with E-state index in [4.69, 9.17) is 9.47 Å². The van der Waals surface area contributed by atoms with Gasteiger partial charge in [0.1, 0.15) is 11.5 Å². The van der Waals surface area contributed by atoms with Crippen LogP contribution < -0.4 is 14.8 Å². The smallest absolute Gasteiger partial charge is 0.132 e. The Morgan fingerprint density at radius 2 is 1.95 bits per heavy atom. The van der Waals surface area contributed by atoms with Crippen molar-refractivity contribution in [2.45, 2.75) is 23.7 Å². The lowest BCUT2D eigenvalue weighted by molar-refractivity contribution is 0.378. The first-order valence-corrected chi connectivity index (χ1v) is 7.53. The van der Waals surface area contributed by atoms with E-state index in [0.29, 0.717) is 5.92 Å². The number of halogens is 1. The molecule has 1 N–H and O–H groups in total. The van der Waals surface area contributed by atoms with E-state index < -0.39 is 0 Å². The average molecular weight is 304 g/mol. The molecule has 1 atom stereocenters. The van der Waals surface area contributed by atoms with Gasteiger partial charge in [-0.15, -0.1) is 24.2 Å². The SMILES string of the molecule is COc1cc(C2CCCNC2)c(OC)cc1SC.Cl. The number of piperidine rings is 1. The number of ether oxygens (including phenoxy) is 2. The van der Waals surface area contributed by atoms with E-state index in [-0.39, 0.29) is 12.4 Å². The van der Waals surface area contributed by atoms with Gasteiger partial charge in [0.05, 0.1) is 19.1 Å². The molecule has 1 aliphatic rings. The molecule has 1 aromatic carbocycles. The fourth-order valence-corrected chi connectivity index (χ4v) is 3.06. The van der Waals surface area contributed by atoms with Crippen molar-refractivity contribution in [2.75, 3.05) is 33.6 Å². The maximum Gasteiger partial charge on any atom is 0.132 e. The van der Waals surface area contributed by atoms with Crippen LogP contribution in [0.5, 0.6) is 11.5 Å². The lowest BCUT2D eigenvalue weighted by Gasteiger charge is -2.25. The quantitative estimate of drug-likeness (QED) is 0.865. The molecule has 1 unspecified atom stereocenters. The van der Waals surface area contributed by atoms with Gasteiger partial charge < -0.3 is 14.8 Å². The summed E-state index contributed by atoms with van der Waals surface area (Å²) in [4.78, 5) is 1.13. The maximum atomic E-state index is 5.54. The highest BCUT2D eigenvalue weighted by Crippen LogP contribution is 2.39. The van der Waals surface area contributed by atoms with E-state index in [1.807, 2.05) is 0 Å². The highest BCUT2D eigenvalue weighted by Gasteiger charge is 2.21. The van der Waals surface area contributed by atoms with Crippen molar-refractivity contribution in [3.63, 3.8) is 0 Å². The molecule has 1 heterocycles. The van der Waals surface area contributed by atoms with Gasteiger partial charge in [-0.2, -0.15) is 0 Å². The van der Waals surface area contributed by atoms with Gasteiger partial charge in [0.25, 0.3) is 0 Å². The zero-order valence-electron chi connectivity index (χ0n) is 11.7. The molecular weight excluding hydrogens is 282 g/mol. The monoisotopic (exact) mass is 303 g/mol. The fourth-order valence-electron chi connectivity index (χ4n) is 2.49. The largest absolute Gasteiger partial charge is 0.496 e. The molecule has 1 aromatic rings. The third-order valence-electron chi connectivity index (χ3n) is 3.47. The van der Waals surface area contributed by atoms with Crippen LogP contribution in [0, 0.1) is 0 Å².